The summed E-state index contributed by atoms with van der Waals surface area (Å²) in [6.07, 6.45) is 2.27. The number of nitrogen functional groups attached to an aromatic ring is 1. The van der Waals surface area contributed by atoms with Crippen molar-refractivity contribution in [1.29, 1.82) is 0 Å². The summed E-state index contributed by atoms with van der Waals surface area (Å²) in [7, 11) is 1.57. The molecule has 6 heteroatoms. The quantitative estimate of drug-likeness (QED) is 0.662. The third kappa shape index (κ3) is 5.74. The molecule has 0 unspecified atom stereocenters. The molecule has 0 bridgehead atoms. The average molecular weight is 267 g/mol. The second-order valence-corrected chi connectivity index (χ2v) is 4.31. The lowest BCUT2D eigenvalue weighted by molar-refractivity contribution is 0.298. The van der Waals surface area contributed by atoms with Crippen LogP contribution in [-0.2, 0) is 0 Å². The highest BCUT2D eigenvalue weighted by Crippen LogP contribution is 2.13. The molecule has 0 fully saturated rings. The zero-order chi connectivity index (χ0) is 14.1. The van der Waals surface area contributed by atoms with Crippen LogP contribution in [0.1, 0.15) is 26.7 Å². The molecule has 0 atom stereocenters. The van der Waals surface area contributed by atoms with Gasteiger partial charge in [-0.05, 0) is 32.5 Å². The summed E-state index contributed by atoms with van der Waals surface area (Å²) in [5.74, 6) is 1.43. The lowest BCUT2D eigenvalue weighted by Gasteiger charge is -2.17. The monoisotopic (exact) mass is 267 g/mol. The molecule has 0 saturated carbocycles. The number of methoxy groups -OCH3 is 1. The van der Waals surface area contributed by atoms with Crippen molar-refractivity contribution in [3.8, 4) is 5.88 Å². The first kappa shape index (κ1) is 15.5. The Morgan fingerprint density at radius 1 is 1.26 bits per heavy atom. The summed E-state index contributed by atoms with van der Waals surface area (Å²) < 4.78 is 5.05. The van der Waals surface area contributed by atoms with E-state index >= 15 is 0 Å². The van der Waals surface area contributed by atoms with Crippen molar-refractivity contribution >= 4 is 11.8 Å². The van der Waals surface area contributed by atoms with E-state index in [1.807, 2.05) is 0 Å². The largest absolute Gasteiger partial charge is 0.481 e. The predicted molar refractivity (Wildman–Crippen MR) is 78.5 cm³/mol. The van der Waals surface area contributed by atoms with Gasteiger partial charge in [-0.2, -0.15) is 9.97 Å². The van der Waals surface area contributed by atoms with E-state index in [1.165, 1.54) is 6.42 Å². The maximum Gasteiger partial charge on any atom is 0.225 e. The number of anilines is 2. The van der Waals surface area contributed by atoms with Gasteiger partial charge in [-0.25, -0.2) is 0 Å². The van der Waals surface area contributed by atoms with Crippen LogP contribution in [0.25, 0.3) is 0 Å². The molecule has 6 nitrogen and oxygen atoms in total. The van der Waals surface area contributed by atoms with Crippen molar-refractivity contribution < 1.29 is 4.74 Å². The highest BCUT2D eigenvalue weighted by molar-refractivity contribution is 5.42. The number of rotatable bonds is 9. The van der Waals surface area contributed by atoms with Gasteiger partial charge in [-0.3, -0.25) is 0 Å². The van der Waals surface area contributed by atoms with E-state index in [2.05, 4.69) is 34.0 Å². The fraction of sp³-hybridized carbons (Fsp3) is 0.692. The van der Waals surface area contributed by atoms with Crippen LogP contribution >= 0.6 is 0 Å². The Morgan fingerprint density at radius 3 is 2.63 bits per heavy atom. The standard InChI is InChI=1S/C13H25N5O/c1-4-18(5-2)9-7-6-8-15-11-10-12(19-3)17-13(14)16-11/h10H,4-9H2,1-3H3,(H3,14,15,16,17). The Balaban J connectivity index is 2.27. The molecule has 1 aromatic rings. The lowest BCUT2D eigenvalue weighted by atomic mass is 10.3. The second kappa shape index (κ2) is 8.53. The highest BCUT2D eigenvalue weighted by Gasteiger charge is 2.02. The molecular weight excluding hydrogens is 242 g/mol. The molecule has 1 aromatic heterocycles. The molecule has 19 heavy (non-hydrogen) atoms. The molecule has 3 N–H and O–H groups in total. The van der Waals surface area contributed by atoms with E-state index in [1.54, 1.807) is 13.2 Å². The summed E-state index contributed by atoms with van der Waals surface area (Å²) in [5, 5.41) is 3.24. The summed E-state index contributed by atoms with van der Waals surface area (Å²) in [6, 6.07) is 1.75. The molecular formula is C13H25N5O. The van der Waals surface area contributed by atoms with Crippen LogP contribution in [0.4, 0.5) is 11.8 Å². The molecule has 0 aliphatic heterocycles. The number of ether oxygens (including phenoxy) is 1. The molecule has 108 valence electrons. The minimum atomic E-state index is 0.227. The smallest absolute Gasteiger partial charge is 0.225 e. The van der Waals surface area contributed by atoms with Crippen molar-refractivity contribution in [1.82, 2.24) is 14.9 Å². The van der Waals surface area contributed by atoms with Gasteiger partial charge in [0.25, 0.3) is 0 Å². The van der Waals surface area contributed by atoms with Crippen LogP contribution < -0.4 is 15.8 Å². The normalized spacial score (nSPS) is 10.7. The molecule has 0 saturated heterocycles. The first-order valence-corrected chi connectivity index (χ1v) is 6.84. The van der Waals surface area contributed by atoms with Crippen LogP contribution in [0.5, 0.6) is 5.88 Å². The molecule has 0 aromatic carbocycles. The molecule has 0 spiro atoms. The number of hydrogen-bond donors (Lipinski definition) is 2. The Labute approximate surface area is 115 Å². The maximum atomic E-state index is 5.59. The van der Waals surface area contributed by atoms with Crippen LogP contribution in [0.3, 0.4) is 0 Å². The second-order valence-electron chi connectivity index (χ2n) is 4.31. The molecule has 0 aliphatic carbocycles. The van der Waals surface area contributed by atoms with Crippen LogP contribution in [0.15, 0.2) is 6.07 Å². The number of nitrogens with two attached hydrogens (primary N) is 1. The fourth-order valence-corrected chi connectivity index (χ4v) is 1.85. The topological polar surface area (TPSA) is 76.3 Å². The van der Waals surface area contributed by atoms with E-state index < -0.39 is 0 Å². The third-order valence-corrected chi connectivity index (χ3v) is 3.03. The number of unbranched alkanes of at least 4 members (excludes halogenated alkanes) is 1. The third-order valence-electron chi connectivity index (χ3n) is 3.03. The zero-order valence-corrected chi connectivity index (χ0v) is 12.1. The van der Waals surface area contributed by atoms with Gasteiger partial charge in [0.1, 0.15) is 5.82 Å². The first-order valence-electron chi connectivity index (χ1n) is 6.84. The minimum absolute atomic E-state index is 0.227. The van der Waals surface area contributed by atoms with Crippen molar-refractivity contribution in [3.63, 3.8) is 0 Å². The molecule has 1 rings (SSSR count). The van der Waals surface area contributed by atoms with Crippen molar-refractivity contribution in [2.24, 2.45) is 0 Å². The van der Waals surface area contributed by atoms with E-state index in [0.29, 0.717) is 11.7 Å². The highest BCUT2D eigenvalue weighted by atomic mass is 16.5. The van der Waals surface area contributed by atoms with Crippen molar-refractivity contribution in [2.45, 2.75) is 26.7 Å². The van der Waals surface area contributed by atoms with Gasteiger partial charge in [-0.15, -0.1) is 0 Å². The summed E-state index contributed by atoms with van der Waals surface area (Å²) in [5.41, 5.74) is 5.59. The molecule has 0 aliphatic rings. The van der Waals surface area contributed by atoms with Crippen molar-refractivity contribution in [2.75, 3.05) is 44.3 Å². The van der Waals surface area contributed by atoms with Crippen LogP contribution in [-0.4, -0.2) is 48.2 Å². The van der Waals surface area contributed by atoms with Crippen LogP contribution in [0.2, 0.25) is 0 Å². The molecule has 1 heterocycles. The van der Waals surface area contributed by atoms with Gasteiger partial charge in [0.15, 0.2) is 0 Å². The Kier molecular flexibility index (Phi) is 6.95. The number of nitrogens with zero attached hydrogens (tertiary/aromatic N) is 3. The van der Waals surface area contributed by atoms with E-state index in [4.69, 9.17) is 10.5 Å². The SMILES string of the molecule is CCN(CC)CCCCNc1cc(OC)nc(N)n1. The minimum Gasteiger partial charge on any atom is -0.481 e. The van der Waals surface area contributed by atoms with Gasteiger partial charge in [0.2, 0.25) is 11.8 Å². The fourth-order valence-electron chi connectivity index (χ4n) is 1.85. The van der Waals surface area contributed by atoms with Gasteiger partial charge in [-0.1, -0.05) is 13.8 Å². The number of hydrogen-bond acceptors (Lipinski definition) is 6. The van der Waals surface area contributed by atoms with Gasteiger partial charge in [0, 0.05) is 12.6 Å². The summed E-state index contributed by atoms with van der Waals surface area (Å²) >= 11 is 0. The predicted octanol–water partition coefficient (Wildman–Crippen LogP) is 1.60. The van der Waals surface area contributed by atoms with E-state index in [9.17, 15) is 0 Å². The lowest BCUT2D eigenvalue weighted by Crippen LogP contribution is -2.24. The van der Waals surface area contributed by atoms with Crippen LogP contribution in [0, 0.1) is 0 Å². The van der Waals surface area contributed by atoms with E-state index in [-0.39, 0.29) is 5.95 Å². The average Bonchev–Trinajstić information content (AvgIpc) is 2.42. The number of aromatic nitrogens is 2. The van der Waals surface area contributed by atoms with Crippen molar-refractivity contribution in [3.05, 3.63) is 6.07 Å². The van der Waals surface area contributed by atoms with Gasteiger partial charge in [0.05, 0.1) is 7.11 Å². The molecule has 0 radical (unpaired) electrons. The Hall–Kier alpha value is -1.56. The molecule has 0 amide bonds. The Morgan fingerprint density at radius 2 is 2.00 bits per heavy atom. The van der Waals surface area contributed by atoms with Gasteiger partial charge >= 0.3 is 0 Å². The van der Waals surface area contributed by atoms with Gasteiger partial charge < -0.3 is 20.7 Å². The van der Waals surface area contributed by atoms with E-state index in [0.717, 1.165) is 32.6 Å². The zero-order valence-electron chi connectivity index (χ0n) is 12.1. The Bertz CT molecular complexity index is 368. The summed E-state index contributed by atoms with van der Waals surface area (Å²) in [6.45, 7) is 8.63. The number of nitrogens with one attached hydrogen (secondary N) is 1. The maximum absolute atomic E-state index is 5.59. The summed E-state index contributed by atoms with van der Waals surface area (Å²) in [4.78, 5) is 10.5. The first-order chi connectivity index (χ1) is 9.19.